The normalized spacial score (nSPS) is 22.9. The first-order valence-corrected chi connectivity index (χ1v) is 11.5. The van der Waals surface area contributed by atoms with Gasteiger partial charge in [-0.2, -0.15) is 0 Å². The van der Waals surface area contributed by atoms with E-state index in [9.17, 15) is 4.79 Å². The van der Waals surface area contributed by atoms with Crippen LogP contribution in [0.15, 0.2) is 28.8 Å². The van der Waals surface area contributed by atoms with Crippen LogP contribution in [0.5, 0.6) is 0 Å². The highest BCUT2D eigenvalue weighted by atomic mass is 16.5. The van der Waals surface area contributed by atoms with Crippen molar-refractivity contribution in [3.05, 3.63) is 24.3 Å². The van der Waals surface area contributed by atoms with Crippen LogP contribution in [-0.4, -0.2) is 48.6 Å². The number of Topliss-reactive ketones (excluding diaryl/α,β-unsaturated/α-hetero) is 1. The molecule has 0 amide bonds. The first-order chi connectivity index (χ1) is 14.2. The van der Waals surface area contributed by atoms with Gasteiger partial charge >= 0.3 is 0 Å². The summed E-state index contributed by atoms with van der Waals surface area (Å²) in [5.41, 5.74) is 0.871. The maximum Gasteiger partial charge on any atom is 0.180 e. The summed E-state index contributed by atoms with van der Waals surface area (Å²) in [5.74, 6) is 2.86. The number of ketones is 1. The minimum atomic E-state index is 0.358. The number of hydrogen-bond acceptors (Lipinski definition) is 5. The van der Waals surface area contributed by atoms with Crippen LogP contribution in [0, 0.1) is 11.8 Å². The Balaban J connectivity index is 0.00000117. The van der Waals surface area contributed by atoms with Crippen LogP contribution in [0.3, 0.4) is 0 Å². The van der Waals surface area contributed by atoms with E-state index < -0.39 is 0 Å². The summed E-state index contributed by atoms with van der Waals surface area (Å²) >= 11 is 0. The number of carbonyl (C=O) groups excluding carboxylic acids is 1. The molecule has 2 aliphatic rings. The summed E-state index contributed by atoms with van der Waals surface area (Å²) in [6.07, 6.45) is 7.21. The fraction of sp³-hybridized carbons (Fsp3) is 0.667. The van der Waals surface area contributed by atoms with E-state index in [1.807, 2.05) is 32.0 Å². The summed E-state index contributed by atoms with van der Waals surface area (Å²) in [5, 5.41) is 5.42. The molecule has 160 valence electrons. The highest BCUT2D eigenvalue weighted by molar-refractivity contribution is 5.88. The first kappa shape index (κ1) is 21.8. The SMILES string of the molecule is CC.CC(=O)CC1CCC(CCN2CCN(c3noc4ccccc34)CC2)CC1. The third-order valence-corrected chi connectivity index (χ3v) is 6.43. The van der Waals surface area contributed by atoms with Crippen LogP contribution in [0.2, 0.25) is 0 Å². The molecule has 29 heavy (non-hydrogen) atoms. The number of carbonyl (C=O) groups is 1. The van der Waals surface area contributed by atoms with Crippen molar-refractivity contribution in [2.45, 2.75) is 59.3 Å². The Labute approximate surface area is 175 Å². The lowest BCUT2D eigenvalue weighted by Crippen LogP contribution is -2.47. The summed E-state index contributed by atoms with van der Waals surface area (Å²) in [4.78, 5) is 16.2. The number of nitrogens with zero attached hydrogens (tertiary/aromatic N) is 3. The molecule has 2 heterocycles. The van der Waals surface area contributed by atoms with E-state index in [1.165, 1.54) is 38.6 Å². The summed E-state index contributed by atoms with van der Waals surface area (Å²) in [6.45, 7) is 11.2. The summed E-state index contributed by atoms with van der Waals surface area (Å²) in [6, 6.07) is 8.11. The summed E-state index contributed by atoms with van der Waals surface area (Å²) < 4.78 is 5.46. The zero-order valence-electron chi connectivity index (χ0n) is 18.4. The van der Waals surface area contributed by atoms with Crippen molar-refractivity contribution in [1.82, 2.24) is 10.1 Å². The Hall–Kier alpha value is -1.88. The molecular formula is C24H37N3O2. The van der Waals surface area contributed by atoms with Gasteiger partial charge in [0.05, 0.1) is 5.39 Å². The Morgan fingerprint density at radius 3 is 2.38 bits per heavy atom. The van der Waals surface area contributed by atoms with Gasteiger partial charge in [-0.25, -0.2) is 0 Å². The number of hydrogen-bond donors (Lipinski definition) is 0. The number of rotatable bonds is 6. The fourth-order valence-electron chi connectivity index (χ4n) is 4.78. The van der Waals surface area contributed by atoms with Gasteiger partial charge in [0, 0.05) is 32.6 Å². The number of fused-ring (bicyclic) bond motifs is 1. The quantitative estimate of drug-likeness (QED) is 0.672. The molecule has 1 aromatic heterocycles. The lowest BCUT2D eigenvalue weighted by Gasteiger charge is -2.36. The molecule has 4 rings (SSSR count). The van der Waals surface area contributed by atoms with Crippen molar-refractivity contribution >= 4 is 22.6 Å². The Morgan fingerprint density at radius 2 is 1.69 bits per heavy atom. The van der Waals surface area contributed by atoms with Crippen LogP contribution in [0.25, 0.3) is 11.0 Å². The van der Waals surface area contributed by atoms with Crippen LogP contribution in [-0.2, 0) is 4.79 Å². The molecule has 0 spiro atoms. The average Bonchev–Trinajstić information content (AvgIpc) is 3.19. The van der Waals surface area contributed by atoms with Gasteiger partial charge in [0.2, 0.25) is 0 Å². The van der Waals surface area contributed by atoms with E-state index in [-0.39, 0.29) is 0 Å². The van der Waals surface area contributed by atoms with E-state index in [1.54, 1.807) is 6.92 Å². The van der Waals surface area contributed by atoms with Gasteiger partial charge in [0.25, 0.3) is 0 Å². The average molecular weight is 400 g/mol. The fourth-order valence-corrected chi connectivity index (χ4v) is 4.78. The number of benzene rings is 1. The molecule has 0 radical (unpaired) electrons. The molecule has 0 bridgehead atoms. The highest BCUT2D eigenvalue weighted by Gasteiger charge is 2.24. The lowest BCUT2D eigenvalue weighted by atomic mass is 9.78. The molecule has 5 heteroatoms. The molecule has 0 N–H and O–H groups in total. The third-order valence-electron chi connectivity index (χ3n) is 6.43. The highest BCUT2D eigenvalue weighted by Crippen LogP contribution is 2.33. The number of para-hydroxylation sites is 1. The molecule has 1 saturated carbocycles. The van der Waals surface area contributed by atoms with Crippen molar-refractivity contribution in [2.24, 2.45) is 11.8 Å². The first-order valence-electron chi connectivity index (χ1n) is 11.5. The van der Waals surface area contributed by atoms with E-state index >= 15 is 0 Å². The van der Waals surface area contributed by atoms with Crippen LogP contribution in [0.4, 0.5) is 5.82 Å². The van der Waals surface area contributed by atoms with Crippen molar-refractivity contribution < 1.29 is 9.32 Å². The number of aromatic nitrogens is 1. The molecule has 1 aliphatic carbocycles. The summed E-state index contributed by atoms with van der Waals surface area (Å²) in [7, 11) is 0. The van der Waals surface area contributed by atoms with E-state index in [0.29, 0.717) is 11.7 Å². The van der Waals surface area contributed by atoms with E-state index in [4.69, 9.17) is 4.52 Å². The van der Waals surface area contributed by atoms with Crippen LogP contribution in [0.1, 0.15) is 59.3 Å². The predicted molar refractivity (Wildman–Crippen MR) is 119 cm³/mol. The second-order valence-electron chi connectivity index (χ2n) is 8.41. The smallest absolute Gasteiger partial charge is 0.180 e. The molecule has 0 unspecified atom stereocenters. The maximum absolute atomic E-state index is 11.3. The van der Waals surface area contributed by atoms with Crippen molar-refractivity contribution in [3.8, 4) is 0 Å². The minimum Gasteiger partial charge on any atom is -0.354 e. The second kappa shape index (κ2) is 10.8. The van der Waals surface area contributed by atoms with Crippen LogP contribution < -0.4 is 4.90 Å². The molecule has 1 saturated heterocycles. The lowest BCUT2D eigenvalue weighted by molar-refractivity contribution is -0.118. The van der Waals surface area contributed by atoms with Gasteiger partial charge in [-0.15, -0.1) is 0 Å². The minimum absolute atomic E-state index is 0.358. The molecule has 2 fully saturated rings. The Morgan fingerprint density at radius 1 is 1.03 bits per heavy atom. The van der Waals surface area contributed by atoms with Crippen molar-refractivity contribution in [3.63, 3.8) is 0 Å². The molecule has 1 aromatic carbocycles. The zero-order valence-corrected chi connectivity index (χ0v) is 18.4. The third kappa shape index (κ3) is 5.81. The number of piperazine rings is 1. The maximum atomic E-state index is 11.3. The Kier molecular flexibility index (Phi) is 8.10. The molecule has 0 atom stereocenters. The topological polar surface area (TPSA) is 49.6 Å². The van der Waals surface area contributed by atoms with Gasteiger partial charge in [0.1, 0.15) is 5.78 Å². The second-order valence-corrected chi connectivity index (χ2v) is 8.41. The van der Waals surface area contributed by atoms with Crippen molar-refractivity contribution in [2.75, 3.05) is 37.6 Å². The number of anilines is 1. The van der Waals surface area contributed by atoms with E-state index in [2.05, 4.69) is 21.0 Å². The predicted octanol–water partition coefficient (Wildman–Crippen LogP) is 5.15. The molecule has 1 aliphatic heterocycles. The standard InChI is InChI=1S/C22H31N3O2.C2H6/c1-17(26)16-19-8-6-18(7-9-19)10-11-24-12-14-25(15-13-24)22-20-4-2-3-5-21(20)27-23-22;1-2/h2-5,18-19H,6-16H2,1H3;1-2H3. The van der Waals surface area contributed by atoms with Gasteiger partial charge < -0.3 is 14.2 Å². The van der Waals surface area contributed by atoms with Gasteiger partial charge in [-0.3, -0.25) is 4.90 Å². The molecular weight excluding hydrogens is 362 g/mol. The van der Waals surface area contributed by atoms with Gasteiger partial charge in [-0.05, 0) is 56.7 Å². The van der Waals surface area contributed by atoms with Crippen molar-refractivity contribution in [1.29, 1.82) is 0 Å². The molecule has 2 aromatic rings. The zero-order chi connectivity index (χ0) is 20.6. The monoisotopic (exact) mass is 399 g/mol. The van der Waals surface area contributed by atoms with Crippen LogP contribution >= 0.6 is 0 Å². The Bertz CT molecular complexity index is 756. The molecule has 5 nitrogen and oxygen atoms in total. The largest absolute Gasteiger partial charge is 0.354 e. The van der Waals surface area contributed by atoms with Gasteiger partial charge in [-0.1, -0.05) is 44.0 Å². The van der Waals surface area contributed by atoms with E-state index in [0.717, 1.165) is 55.3 Å². The van der Waals surface area contributed by atoms with Gasteiger partial charge in [0.15, 0.2) is 11.4 Å².